The number of hydrogen-bond acceptors (Lipinski definition) is 6. The highest BCUT2D eigenvalue weighted by atomic mass is 16.6. The maximum absolute atomic E-state index is 12.2. The normalized spacial score (nSPS) is 10.5. The number of benzene rings is 3. The molecule has 3 aromatic rings. The molecule has 0 spiro atoms. The second-order valence-electron chi connectivity index (χ2n) is 6.28. The third-order valence-corrected chi connectivity index (χ3v) is 4.18. The van der Waals surface area contributed by atoms with Crippen LogP contribution in [0.2, 0.25) is 0 Å². The van der Waals surface area contributed by atoms with Gasteiger partial charge in [-0.15, -0.1) is 0 Å². The molecule has 0 unspecified atom stereocenters. The maximum atomic E-state index is 12.2. The zero-order valence-electron chi connectivity index (χ0n) is 16.5. The number of nitrogens with one attached hydrogen (secondary N) is 1. The van der Waals surface area contributed by atoms with Crippen molar-refractivity contribution in [2.24, 2.45) is 0 Å². The van der Waals surface area contributed by atoms with E-state index in [1.807, 2.05) is 6.07 Å². The summed E-state index contributed by atoms with van der Waals surface area (Å²) in [5, 5.41) is 14.0. The highest BCUT2D eigenvalue weighted by Crippen LogP contribution is 2.29. The lowest BCUT2D eigenvalue weighted by Gasteiger charge is -2.09. The minimum absolute atomic E-state index is 0.175. The Kier molecular flexibility index (Phi) is 6.74. The molecule has 0 fully saturated rings. The van der Waals surface area contributed by atoms with E-state index in [2.05, 4.69) is 10.1 Å². The summed E-state index contributed by atoms with van der Waals surface area (Å²) in [5.74, 6) is -0.0499. The Hall–Kier alpha value is -4.46. The predicted octanol–water partition coefficient (Wildman–Crippen LogP) is 4.83. The number of rotatable bonds is 7. The fourth-order valence-corrected chi connectivity index (χ4v) is 2.66. The van der Waals surface area contributed by atoms with Gasteiger partial charge in [-0.1, -0.05) is 18.2 Å². The summed E-state index contributed by atoms with van der Waals surface area (Å²) < 4.78 is 10.3. The van der Waals surface area contributed by atoms with Crippen LogP contribution >= 0.6 is 0 Å². The van der Waals surface area contributed by atoms with Crippen molar-refractivity contribution < 1.29 is 24.0 Å². The molecule has 0 radical (unpaired) electrons. The van der Waals surface area contributed by atoms with E-state index in [-0.39, 0.29) is 17.2 Å². The molecular weight excluding hydrogens is 400 g/mol. The van der Waals surface area contributed by atoms with E-state index in [0.717, 1.165) is 6.08 Å². The van der Waals surface area contributed by atoms with Crippen molar-refractivity contribution in [3.63, 3.8) is 0 Å². The number of hydrogen-bond donors (Lipinski definition) is 1. The fourth-order valence-electron chi connectivity index (χ4n) is 2.66. The minimum atomic E-state index is -0.631. The monoisotopic (exact) mass is 418 g/mol. The molecule has 0 bridgehead atoms. The Morgan fingerprint density at radius 3 is 2.29 bits per heavy atom. The molecule has 0 aromatic heterocycles. The molecule has 8 nitrogen and oxygen atoms in total. The predicted molar refractivity (Wildman–Crippen MR) is 115 cm³/mol. The molecule has 0 aliphatic carbocycles. The smallest absolute Gasteiger partial charge is 0.330 e. The highest BCUT2D eigenvalue weighted by Gasteiger charge is 2.13. The van der Waals surface area contributed by atoms with Gasteiger partial charge in [0.05, 0.1) is 17.6 Å². The average Bonchev–Trinajstić information content (AvgIpc) is 2.79. The van der Waals surface area contributed by atoms with Gasteiger partial charge >= 0.3 is 5.97 Å². The Morgan fingerprint density at radius 2 is 1.65 bits per heavy atom. The minimum Gasteiger partial charge on any atom is -0.466 e. The topological polar surface area (TPSA) is 108 Å². The van der Waals surface area contributed by atoms with Gasteiger partial charge in [-0.05, 0) is 54.6 Å². The first-order valence-electron chi connectivity index (χ1n) is 9.15. The number of carbonyl (C=O) groups is 2. The van der Waals surface area contributed by atoms with Crippen LogP contribution in [-0.2, 0) is 9.53 Å². The zero-order valence-corrected chi connectivity index (χ0v) is 16.5. The Morgan fingerprint density at radius 1 is 0.968 bits per heavy atom. The molecule has 156 valence electrons. The number of amides is 1. The Bertz CT molecular complexity index is 1120. The average molecular weight is 418 g/mol. The van der Waals surface area contributed by atoms with Crippen molar-refractivity contribution in [2.45, 2.75) is 0 Å². The lowest BCUT2D eigenvalue weighted by molar-refractivity contribution is -0.385. The lowest BCUT2D eigenvalue weighted by atomic mass is 10.1. The number of nitrogens with zero attached hydrogens (tertiary/aromatic N) is 1. The van der Waals surface area contributed by atoms with E-state index in [4.69, 9.17) is 4.74 Å². The van der Waals surface area contributed by atoms with Crippen molar-refractivity contribution >= 4 is 29.3 Å². The van der Waals surface area contributed by atoms with Gasteiger partial charge in [-0.25, -0.2) is 4.79 Å². The van der Waals surface area contributed by atoms with Crippen molar-refractivity contribution in [3.05, 3.63) is 100 Å². The highest BCUT2D eigenvalue weighted by molar-refractivity contribution is 6.04. The van der Waals surface area contributed by atoms with Crippen LogP contribution in [0.25, 0.3) is 6.08 Å². The molecule has 0 aliphatic rings. The summed E-state index contributed by atoms with van der Waals surface area (Å²) in [6.45, 7) is 0. The van der Waals surface area contributed by atoms with Crippen molar-refractivity contribution in [3.8, 4) is 11.5 Å². The third-order valence-electron chi connectivity index (χ3n) is 4.18. The number of ether oxygens (including phenoxy) is 2. The van der Waals surface area contributed by atoms with Gasteiger partial charge in [-0.3, -0.25) is 14.9 Å². The quantitative estimate of drug-likeness (QED) is 0.255. The first-order valence-corrected chi connectivity index (χ1v) is 9.15. The van der Waals surface area contributed by atoms with Crippen LogP contribution in [0.5, 0.6) is 11.5 Å². The lowest BCUT2D eigenvalue weighted by Crippen LogP contribution is -2.11. The van der Waals surface area contributed by atoms with E-state index in [1.165, 1.54) is 31.4 Å². The number of nitro groups is 1. The Balaban J connectivity index is 1.73. The van der Waals surface area contributed by atoms with Gasteiger partial charge < -0.3 is 14.8 Å². The van der Waals surface area contributed by atoms with E-state index in [1.54, 1.807) is 48.5 Å². The van der Waals surface area contributed by atoms with E-state index in [0.29, 0.717) is 22.7 Å². The van der Waals surface area contributed by atoms with Crippen molar-refractivity contribution in [1.82, 2.24) is 0 Å². The molecule has 8 heteroatoms. The standard InChI is InChI=1S/C23H18N2O6/c1-30-22(26)14-7-17-15-20(12-13-21(17)25(28)29)31-19-10-8-18(9-11-19)24-23(27)16-5-3-2-4-6-16/h2-15H,1H3,(H,24,27)/b14-7+. The van der Waals surface area contributed by atoms with E-state index in [9.17, 15) is 19.7 Å². The summed E-state index contributed by atoms with van der Waals surface area (Å²) in [5.41, 5.74) is 1.15. The molecule has 3 aromatic carbocycles. The summed E-state index contributed by atoms with van der Waals surface area (Å²) in [6, 6.07) is 19.7. The molecule has 1 amide bonds. The van der Waals surface area contributed by atoms with Crippen molar-refractivity contribution in [1.29, 1.82) is 0 Å². The number of anilines is 1. The zero-order chi connectivity index (χ0) is 22.2. The molecule has 0 saturated carbocycles. The summed E-state index contributed by atoms with van der Waals surface area (Å²) in [7, 11) is 1.21. The molecule has 3 rings (SSSR count). The Labute approximate surface area is 177 Å². The van der Waals surface area contributed by atoms with Crippen LogP contribution in [0, 0.1) is 10.1 Å². The van der Waals surface area contributed by atoms with Crippen LogP contribution in [0.3, 0.4) is 0 Å². The largest absolute Gasteiger partial charge is 0.466 e. The number of carbonyl (C=O) groups excluding carboxylic acids is 2. The van der Waals surface area contributed by atoms with E-state index < -0.39 is 10.9 Å². The summed E-state index contributed by atoms with van der Waals surface area (Å²) >= 11 is 0. The maximum Gasteiger partial charge on any atom is 0.330 e. The van der Waals surface area contributed by atoms with Gasteiger partial charge in [0.1, 0.15) is 11.5 Å². The summed E-state index contributed by atoms with van der Waals surface area (Å²) in [6.07, 6.45) is 2.38. The summed E-state index contributed by atoms with van der Waals surface area (Å²) in [4.78, 5) is 34.2. The molecule has 0 heterocycles. The first kappa shape index (κ1) is 21.3. The molecule has 31 heavy (non-hydrogen) atoms. The van der Waals surface area contributed by atoms with Crippen LogP contribution in [-0.4, -0.2) is 23.9 Å². The second-order valence-corrected chi connectivity index (χ2v) is 6.28. The van der Waals surface area contributed by atoms with Crippen LogP contribution in [0.1, 0.15) is 15.9 Å². The number of nitro benzene ring substituents is 1. The van der Waals surface area contributed by atoms with Gasteiger partial charge in [0.2, 0.25) is 0 Å². The molecular formula is C23H18N2O6. The first-order chi connectivity index (χ1) is 15.0. The van der Waals surface area contributed by atoms with Gasteiger partial charge in [0.25, 0.3) is 11.6 Å². The van der Waals surface area contributed by atoms with Gasteiger partial charge in [0.15, 0.2) is 0 Å². The van der Waals surface area contributed by atoms with Gasteiger partial charge in [0, 0.05) is 23.4 Å². The third kappa shape index (κ3) is 5.77. The van der Waals surface area contributed by atoms with Crippen LogP contribution in [0.4, 0.5) is 11.4 Å². The number of methoxy groups -OCH3 is 1. The molecule has 0 aliphatic heterocycles. The SMILES string of the molecule is COC(=O)/C=C/c1cc(Oc2ccc(NC(=O)c3ccccc3)cc2)ccc1[N+](=O)[O-]. The molecule has 1 N–H and O–H groups in total. The molecule has 0 saturated heterocycles. The van der Waals surface area contributed by atoms with Gasteiger partial charge in [-0.2, -0.15) is 0 Å². The number of esters is 1. The molecule has 0 atom stereocenters. The van der Waals surface area contributed by atoms with Crippen LogP contribution < -0.4 is 10.1 Å². The van der Waals surface area contributed by atoms with E-state index >= 15 is 0 Å². The fraction of sp³-hybridized carbons (Fsp3) is 0.0435. The second kappa shape index (κ2) is 9.84. The van der Waals surface area contributed by atoms with Crippen molar-refractivity contribution in [2.75, 3.05) is 12.4 Å². The van der Waals surface area contributed by atoms with Crippen LogP contribution in [0.15, 0.2) is 78.9 Å².